The molecule has 0 bridgehead atoms. The summed E-state index contributed by atoms with van der Waals surface area (Å²) in [6.07, 6.45) is 4.85. The lowest BCUT2D eigenvalue weighted by Gasteiger charge is -2.32. The number of nitrogens with one attached hydrogen (secondary N) is 1. The molecule has 1 aromatic heterocycles. The summed E-state index contributed by atoms with van der Waals surface area (Å²) >= 11 is 0. The highest BCUT2D eigenvalue weighted by Crippen LogP contribution is 2.16. The number of aromatic nitrogens is 2. The zero-order valence-corrected chi connectivity index (χ0v) is 11.4. The minimum absolute atomic E-state index is 0.125. The molecule has 0 spiro atoms. The van der Waals surface area contributed by atoms with Crippen molar-refractivity contribution in [3.63, 3.8) is 0 Å². The number of amides is 1. The number of rotatable bonds is 3. The molecular formula is C13H22N4O. The van der Waals surface area contributed by atoms with Gasteiger partial charge < -0.3 is 10.2 Å². The Labute approximate surface area is 108 Å². The summed E-state index contributed by atoms with van der Waals surface area (Å²) in [6.45, 7) is 3.69. The summed E-state index contributed by atoms with van der Waals surface area (Å²) in [5, 5.41) is 7.60. The fraction of sp³-hybridized carbons (Fsp3) is 0.692. The van der Waals surface area contributed by atoms with Gasteiger partial charge in [0.15, 0.2) is 0 Å². The number of hydrogen-bond donors (Lipinski definition) is 1. The predicted molar refractivity (Wildman–Crippen MR) is 70.6 cm³/mol. The number of nitrogens with zero attached hydrogens (tertiary/aromatic N) is 3. The van der Waals surface area contributed by atoms with Gasteiger partial charge in [-0.25, -0.2) is 0 Å². The van der Waals surface area contributed by atoms with E-state index in [1.807, 2.05) is 32.1 Å². The van der Waals surface area contributed by atoms with E-state index in [1.165, 1.54) is 0 Å². The highest BCUT2D eigenvalue weighted by atomic mass is 16.2. The summed E-state index contributed by atoms with van der Waals surface area (Å²) < 4.78 is 1.73. The molecule has 0 aromatic carbocycles. The lowest BCUT2D eigenvalue weighted by molar-refractivity contribution is 0.0697. The third kappa shape index (κ3) is 2.56. The molecule has 2 heterocycles. The van der Waals surface area contributed by atoms with E-state index in [0.29, 0.717) is 6.04 Å². The molecule has 1 aliphatic heterocycles. The monoisotopic (exact) mass is 250 g/mol. The van der Waals surface area contributed by atoms with Crippen LogP contribution in [0.3, 0.4) is 0 Å². The molecule has 1 aromatic rings. The molecule has 1 aliphatic rings. The van der Waals surface area contributed by atoms with E-state index in [0.717, 1.165) is 43.6 Å². The fourth-order valence-electron chi connectivity index (χ4n) is 2.54. The Morgan fingerprint density at radius 3 is 3.06 bits per heavy atom. The first-order valence-electron chi connectivity index (χ1n) is 6.64. The van der Waals surface area contributed by atoms with Gasteiger partial charge in [-0.2, -0.15) is 5.10 Å². The Morgan fingerprint density at radius 1 is 1.61 bits per heavy atom. The van der Waals surface area contributed by atoms with Crippen LogP contribution in [0.2, 0.25) is 0 Å². The van der Waals surface area contributed by atoms with Crippen LogP contribution in [0.1, 0.15) is 35.8 Å². The molecule has 2 rings (SSSR count). The average Bonchev–Trinajstić information content (AvgIpc) is 2.79. The number of aryl methyl sites for hydroxylation is 2. The molecule has 1 N–H and O–H groups in total. The Kier molecular flexibility index (Phi) is 4.01. The Hall–Kier alpha value is -1.36. The van der Waals surface area contributed by atoms with E-state index in [4.69, 9.17) is 0 Å². The van der Waals surface area contributed by atoms with Crippen LogP contribution < -0.4 is 5.32 Å². The zero-order valence-electron chi connectivity index (χ0n) is 11.4. The minimum Gasteiger partial charge on any atom is -0.337 e. The van der Waals surface area contributed by atoms with Gasteiger partial charge in [-0.05, 0) is 26.3 Å². The van der Waals surface area contributed by atoms with Gasteiger partial charge in [-0.15, -0.1) is 0 Å². The van der Waals surface area contributed by atoms with Crippen molar-refractivity contribution in [1.82, 2.24) is 20.0 Å². The maximum atomic E-state index is 12.5. The van der Waals surface area contributed by atoms with E-state index in [9.17, 15) is 4.79 Å². The van der Waals surface area contributed by atoms with E-state index < -0.39 is 0 Å². The number of carbonyl (C=O) groups is 1. The topological polar surface area (TPSA) is 50.2 Å². The summed E-state index contributed by atoms with van der Waals surface area (Å²) in [4.78, 5) is 14.4. The second kappa shape index (κ2) is 5.52. The number of carbonyl (C=O) groups excluding carboxylic acids is 1. The maximum absolute atomic E-state index is 12.5. The highest BCUT2D eigenvalue weighted by molar-refractivity contribution is 5.95. The predicted octanol–water partition coefficient (Wildman–Crippen LogP) is 0.806. The van der Waals surface area contributed by atoms with Gasteiger partial charge in [0.2, 0.25) is 0 Å². The Bertz CT molecular complexity index is 427. The molecule has 5 heteroatoms. The van der Waals surface area contributed by atoms with Crippen molar-refractivity contribution in [1.29, 1.82) is 0 Å². The van der Waals surface area contributed by atoms with Gasteiger partial charge in [0.25, 0.3) is 5.91 Å². The van der Waals surface area contributed by atoms with E-state index >= 15 is 0 Å². The lowest BCUT2D eigenvalue weighted by Crippen LogP contribution is -2.47. The quantitative estimate of drug-likeness (QED) is 0.863. The van der Waals surface area contributed by atoms with Gasteiger partial charge in [-0.3, -0.25) is 9.48 Å². The molecule has 1 atom stereocenters. The number of likely N-dealkylation sites (N-methyl/N-ethyl adjacent to an activating group) is 1. The molecule has 5 nitrogen and oxygen atoms in total. The molecule has 100 valence electrons. The van der Waals surface area contributed by atoms with Gasteiger partial charge >= 0.3 is 0 Å². The molecule has 1 unspecified atom stereocenters. The van der Waals surface area contributed by atoms with E-state index in [1.54, 1.807) is 4.68 Å². The van der Waals surface area contributed by atoms with E-state index in [-0.39, 0.29) is 5.91 Å². The first-order valence-corrected chi connectivity index (χ1v) is 6.64. The van der Waals surface area contributed by atoms with Crippen LogP contribution in [-0.4, -0.2) is 46.8 Å². The largest absolute Gasteiger partial charge is 0.337 e. The van der Waals surface area contributed by atoms with Crippen molar-refractivity contribution >= 4 is 5.91 Å². The zero-order chi connectivity index (χ0) is 13.1. The van der Waals surface area contributed by atoms with Crippen LogP contribution in [0.15, 0.2) is 6.20 Å². The molecule has 0 aliphatic carbocycles. The van der Waals surface area contributed by atoms with Crippen LogP contribution in [0, 0.1) is 0 Å². The maximum Gasteiger partial charge on any atom is 0.257 e. The molecule has 0 radical (unpaired) electrons. The second-order valence-electron chi connectivity index (χ2n) is 4.90. The molecule has 1 amide bonds. The van der Waals surface area contributed by atoms with Gasteiger partial charge in [0.05, 0.1) is 11.3 Å². The fourth-order valence-corrected chi connectivity index (χ4v) is 2.54. The second-order valence-corrected chi connectivity index (χ2v) is 4.90. The summed E-state index contributed by atoms with van der Waals surface area (Å²) in [5.74, 6) is 0.125. The lowest BCUT2D eigenvalue weighted by atomic mass is 10.0. The number of hydrogen-bond acceptors (Lipinski definition) is 3. The van der Waals surface area contributed by atoms with Crippen molar-refractivity contribution in [2.24, 2.45) is 7.05 Å². The van der Waals surface area contributed by atoms with Crippen molar-refractivity contribution in [2.45, 2.75) is 32.2 Å². The van der Waals surface area contributed by atoms with Crippen molar-refractivity contribution < 1.29 is 4.79 Å². The van der Waals surface area contributed by atoms with Crippen molar-refractivity contribution in [2.75, 3.05) is 20.1 Å². The highest BCUT2D eigenvalue weighted by Gasteiger charge is 2.25. The molecule has 0 saturated carbocycles. The van der Waals surface area contributed by atoms with Gasteiger partial charge in [0.1, 0.15) is 0 Å². The first kappa shape index (κ1) is 13.1. The van der Waals surface area contributed by atoms with Crippen LogP contribution in [0.4, 0.5) is 0 Å². The van der Waals surface area contributed by atoms with Crippen LogP contribution in [0.5, 0.6) is 0 Å². The molecule has 1 fully saturated rings. The van der Waals surface area contributed by atoms with Crippen molar-refractivity contribution in [3.8, 4) is 0 Å². The van der Waals surface area contributed by atoms with E-state index in [2.05, 4.69) is 10.4 Å². The minimum atomic E-state index is 0.125. The third-order valence-electron chi connectivity index (χ3n) is 3.59. The number of piperidine rings is 1. The average molecular weight is 250 g/mol. The van der Waals surface area contributed by atoms with Crippen molar-refractivity contribution in [3.05, 3.63) is 17.5 Å². The van der Waals surface area contributed by atoms with Crippen LogP contribution >= 0.6 is 0 Å². The van der Waals surface area contributed by atoms with Gasteiger partial charge in [-0.1, -0.05) is 6.92 Å². The SMILES string of the molecule is CCc1nn(C)cc1C(=O)N1CCCC(NC)C1. The molecule has 1 saturated heterocycles. The molecular weight excluding hydrogens is 228 g/mol. The summed E-state index contributed by atoms with van der Waals surface area (Å²) in [6, 6.07) is 0.421. The molecule has 18 heavy (non-hydrogen) atoms. The first-order chi connectivity index (χ1) is 8.65. The normalized spacial score (nSPS) is 20.2. The van der Waals surface area contributed by atoms with Crippen LogP contribution in [-0.2, 0) is 13.5 Å². The Morgan fingerprint density at radius 2 is 2.39 bits per heavy atom. The van der Waals surface area contributed by atoms with Crippen LogP contribution in [0.25, 0.3) is 0 Å². The third-order valence-corrected chi connectivity index (χ3v) is 3.59. The smallest absolute Gasteiger partial charge is 0.257 e. The number of likely N-dealkylation sites (tertiary alicyclic amines) is 1. The van der Waals surface area contributed by atoms with Gasteiger partial charge in [0, 0.05) is 32.4 Å². The Balaban J connectivity index is 2.14. The summed E-state index contributed by atoms with van der Waals surface area (Å²) in [7, 11) is 3.82. The standard InChI is InChI=1S/C13H22N4O/c1-4-12-11(9-16(3)15-12)13(18)17-7-5-6-10(8-17)14-2/h9-10,14H,4-8H2,1-3H3. The summed E-state index contributed by atoms with van der Waals surface area (Å²) in [5.41, 5.74) is 1.66.